The maximum Gasteiger partial charge on any atom is 0.325 e. The van der Waals surface area contributed by atoms with Crippen LogP contribution >= 0.6 is 0 Å². The minimum atomic E-state index is -1.02. The third kappa shape index (κ3) is 4.68. The van der Waals surface area contributed by atoms with Gasteiger partial charge in [0.1, 0.15) is 18.1 Å². The Labute approximate surface area is 119 Å². The van der Waals surface area contributed by atoms with Crippen LogP contribution in [0.3, 0.4) is 0 Å². The zero-order valence-electron chi connectivity index (χ0n) is 11.0. The second-order valence-corrected chi connectivity index (χ2v) is 4.38. The number of amides is 1. The van der Waals surface area contributed by atoms with E-state index in [-0.39, 0.29) is 31.2 Å². The largest absolute Gasteiger partial charge is 0.480 e. The van der Waals surface area contributed by atoms with Crippen LogP contribution in [-0.4, -0.2) is 32.0 Å². The van der Waals surface area contributed by atoms with Crippen LogP contribution in [0.4, 0.5) is 4.39 Å². The van der Waals surface area contributed by atoms with E-state index in [1.807, 2.05) is 0 Å². The van der Waals surface area contributed by atoms with E-state index < -0.39 is 5.97 Å². The first-order valence-corrected chi connectivity index (χ1v) is 6.15. The molecule has 0 unspecified atom stereocenters. The molecule has 0 aliphatic carbocycles. The molecule has 1 heterocycles. The number of aliphatic carboxylic acids is 1. The summed E-state index contributed by atoms with van der Waals surface area (Å²) in [5, 5.41) is 18.6. The number of carboxylic acid groups (broad SMARTS) is 1. The summed E-state index contributed by atoms with van der Waals surface area (Å²) in [6.07, 6.45) is 1.58. The molecule has 1 aromatic carbocycles. The number of nitrogens with one attached hydrogen (secondary N) is 1. The molecule has 0 aliphatic heterocycles. The van der Waals surface area contributed by atoms with E-state index in [9.17, 15) is 14.0 Å². The van der Waals surface area contributed by atoms with Gasteiger partial charge in [0.25, 0.3) is 0 Å². The zero-order valence-corrected chi connectivity index (χ0v) is 11.0. The van der Waals surface area contributed by atoms with Gasteiger partial charge in [0.15, 0.2) is 0 Å². The number of nitrogens with zero attached hydrogens (tertiary/aromatic N) is 3. The minimum absolute atomic E-state index is 0.129. The minimum Gasteiger partial charge on any atom is -0.480 e. The zero-order chi connectivity index (χ0) is 15.2. The van der Waals surface area contributed by atoms with Gasteiger partial charge < -0.3 is 10.4 Å². The first-order chi connectivity index (χ1) is 10.0. The second-order valence-electron chi connectivity index (χ2n) is 4.38. The summed E-state index contributed by atoms with van der Waals surface area (Å²) in [7, 11) is 0. The number of hydrogen-bond acceptors (Lipinski definition) is 4. The first-order valence-electron chi connectivity index (χ1n) is 6.15. The molecule has 0 spiro atoms. The number of halogens is 1. The van der Waals surface area contributed by atoms with Gasteiger partial charge in [-0.2, -0.15) is 0 Å². The maximum absolute atomic E-state index is 12.7. The van der Waals surface area contributed by atoms with Crippen LogP contribution in [-0.2, 0) is 29.1 Å². The molecular formula is C13H13FN4O3. The number of benzene rings is 1. The molecule has 0 radical (unpaired) electrons. The molecule has 1 amide bonds. The van der Waals surface area contributed by atoms with Crippen LogP contribution in [0.1, 0.15) is 11.3 Å². The number of hydrogen-bond donors (Lipinski definition) is 2. The molecule has 0 bridgehead atoms. The highest BCUT2D eigenvalue weighted by atomic mass is 19.1. The van der Waals surface area contributed by atoms with Crippen molar-refractivity contribution in [3.05, 3.63) is 47.5 Å². The van der Waals surface area contributed by atoms with Crippen LogP contribution in [0.15, 0.2) is 30.5 Å². The third-order valence-corrected chi connectivity index (χ3v) is 2.63. The van der Waals surface area contributed by atoms with Crippen LogP contribution in [0.25, 0.3) is 0 Å². The standard InChI is InChI=1S/C13H13FN4O3/c14-10-3-1-9(2-4-10)5-12(19)15-6-11-7-18(17-16-11)8-13(20)21/h1-4,7H,5-6,8H2,(H,15,19)(H,20,21). The summed E-state index contributed by atoms with van der Waals surface area (Å²) in [5.41, 5.74) is 1.16. The quantitative estimate of drug-likeness (QED) is 0.801. The van der Waals surface area contributed by atoms with E-state index in [1.165, 1.54) is 35.1 Å². The fourth-order valence-electron chi connectivity index (χ4n) is 1.67. The monoisotopic (exact) mass is 292 g/mol. The lowest BCUT2D eigenvalue weighted by Crippen LogP contribution is -2.24. The molecule has 0 atom stereocenters. The molecule has 0 saturated carbocycles. The average molecular weight is 292 g/mol. The maximum atomic E-state index is 12.7. The van der Waals surface area contributed by atoms with E-state index in [2.05, 4.69) is 15.6 Å². The SMILES string of the molecule is O=C(O)Cn1cc(CNC(=O)Cc2ccc(F)cc2)nn1. The lowest BCUT2D eigenvalue weighted by atomic mass is 10.1. The van der Waals surface area contributed by atoms with Crippen molar-refractivity contribution in [3.8, 4) is 0 Å². The van der Waals surface area contributed by atoms with Crippen LogP contribution in [0.2, 0.25) is 0 Å². The third-order valence-electron chi connectivity index (χ3n) is 2.63. The Hall–Kier alpha value is -2.77. The van der Waals surface area contributed by atoms with Crippen molar-refractivity contribution in [3.63, 3.8) is 0 Å². The fraction of sp³-hybridized carbons (Fsp3) is 0.231. The number of aromatic nitrogens is 3. The van der Waals surface area contributed by atoms with Gasteiger partial charge in [-0.3, -0.25) is 9.59 Å². The number of rotatable bonds is 6. The predicted molar refractivity (Wildman–Crippen MR) is 69.6 cm³/mol. The Kier molecular flexibility index (Phi) is 4.60. The fourth-order valence-corrected chi connectivity index (χ4v) is 1.67. The van der Waals surface area contributed by atoms with Crippen molar-refractivity contribution in [1.29, 1.82) is 0 Å². The van der Waals surface area contributed by atoms with Crippen LogP contribution in [0, 0.1) is 5.82 Å². The predicted octanol–water partition coefficient (Wildman–Crippen LogP) is 0.361. The molecule has 8 heteroatoms. The molecule has 0 aliphatic rings. The summed E-state index contributed by atoms with van der Waals surface area (Å²) >= 11 is 0. The Morgan fingerprint density at radius 3 is 2.67 bits per heavy atom. The normalized spacial score (nSPS) is 10.3. The Morgan fingerprint density at radius 2 is 2.00 bits per heavy atom. The summed E-state index contributed by atoms with van der Waals surface area (Å²) in [5.74, 6) is -1.62. The average Bonchev–Trinajstić information content (AvgIpc) is 2.86. The molecular weight excluding hydrogens is 279 g/mol. The van der Waals surface area contributed by atoms with Crippen molar-refractivity contribution >= 4 is 11.9 Å². The topological polar surface area (TPSA) is 97.1 Å². The first kappa shape index (κ1) is 14.6. The van der Waals surface area contributed by atoms with Crippen LogP contribution < -0.4 is 5.32 Å². The summed E-state index contributed by atoms with van der Waals surface area (Å²) in [6, 6.07) is 5.66. The Morgan fingerprint density at radius 1 is 1.29 bits per heavy atom. The van der Waals surface area contributed by atoms with Gasteiger partial charge in [0.05, 0.1) is 19.2 Å². The Bertz CT molecular complexity index is 639. The molecule has 21 heavy (non-hydrogen) atoms. The molecule has 2 N–H and O–H groups in total. The van der Waals surface area contributed by atoms with E-state index >= 15 is 0 Å². The highest BCUT2D eigenvalue weighted by Gasteiger charge is 2.07. The van der Waals surface area contributed by atoms with E-state index in [0.29, 0.717) is 11.3 Å². The van der Waals surface area contributed by atoms with Gasteiger partial charge in [0, 0.05) is 0 Å². The lowest BCUT2D eigenvalue weighted by molar-refractivity contribution is -0.138. The van der Waals surface area contributed by atoms with Crippen molar-refractivity contribution in [2.45, 2.75) is 19.5 Å². The van der Waals surface area contributed by atoms with E-state index in [0.717, 1.165) is 0 Å². The van der Waals surface area contributed by atoms with Gasteiger partial charge >= 0.3 is 5.97 Å². The number of carbonyl (C=O) groups excluding carboxylic acids is 1. The Balaban J connectivity index is 1.82. The summed E-state index contributed by atoms with van der Waals surface area (Å²) < 4.78 is 13.9. The van der Waals surface area contributed by atoms with Crippen molar-refractivity contribution in [1.82, 2.24) is 20.3 Å². The van der Waals surface area contributed by atoms with Gasteiger partial charge in [-0.05, 0) is 17.7 Å². The van der Waals surface area contributed by atoms with Gasteiger partial charge in [-0.15, -0.1) is 5.10 Å². The molecule has 0 saturated heterocycles. The van der Waals surface area contributed by atoms with Crippen molar-refractivity contribution in [2.75, 3.05) is 0 Å². The number of carboxylic acids is 1. The molecule has 110 valence electrons. The smallest absolute Gasteiger partial charge is 0.325 e. The molecule has 0 fully saturated rings. The molecule has 2 aromatic rings. The molecule has 7 nitrogen and oxygen atoms in total. The van der Waals surface area contributed by atoms with Gasteiger partial charge in [0.2, 0.25) is 5.91 Å². The van der Waals surface area contributed by atoms with Gasteiger partial charge in [-0.25, -0.2) is 9.07 Å². The number of carbonyl (C=O) groups is 2. The van der Waals surface area contributed by atoms with Crippen molar-refractivity contribution in [2.24, 2.45) is 0 Å². The highest BCUT2D eigenvalue weighted by molar-refractivity contribution is 5.78. The van der Waals surface area contributed by atoms with Gasteiger partial charge in [-0.1, -0.05) is 17.3 Å². The lowest BCUT2D eigenvalue weighted by Gasteiger charge is -2.03. The van der Waals surface area contributed by atoms with Crippen molar-refractivity contribution < 1.29 is 19.1 Å². The van der Waals surface area contributed by atoms with E-state index in [1.54, 1.807) is 0 Å². The molecule has 1 aromatic heterocycles. The molecule has 2 rings (SSSR count). The summed E-state index contributed by atoms with van der Waals surface area (Å²) in [6.45, 7) is -0.129. The van der Waals surface area contributed by atoms with Crippen LogP contribution in [0.5, 0.6) is 0 Å². The second kappa shape index (κ2) is 6.60. The summed E-state index contributed by atoms with van der Waals surface area (Å²) in [4.78, 5) is 22.2. The van der Waals surface area contributed by atoms with E-state index in [4.69, 9.17) is 5.11 Å². The highest BCUT2D eigenvalue weighted by Crippen LogP contribution is 2.03.